The molecule has 1 aromatic rings. The standard InChI is InChI=1S/C21H30N2O4S.ClH/c1-2-28(25,26)18-11-16-5-4-10-27-20(16)19(12-18)21(24)22-13-17-6-3-9-23(17)14-15-7-8-15;/h11-12,15,17H,2-10,13-14H2,1H3,(H,22,24);1H. The van der Waals surface area contributed by atoms with Gasteiger partial charge in [0.25, 0.3) is 5.91 Å². The van der Waals surface area contributed by atoms with Gasteiger partial charge in [-0.1, -0.05) is 6.92 Å². The molecule has 1 saturated heterocycles. The minimum atomic E-state index is -3.38. The number of rotatable bonds is 7. The van der Waals surface area contributed by atoms with Gasteiger partial charge in [-0.3, -0.25) is 9.69 Å². The topological polar surface area (TPSA) is 75.7 Å². The number of aryl methyl sites for hydroxylation is 1. The Labute approximate surface area is 179 Å². The number of carbonyl (C=O) groups excluding carboxylic acids is 1. The molecule has 8 heteroatoms. The number of carbonyl (C=O) groups is 1. The summed E-state index contributed by atoms with van der Waals surface area (Å²) in [5.74, 6) is 1.18. The number of nitrogens with one attached hydrogen (secondary N) is 1. The van der Waals surface area contributed by atoms with E-state index in [9.17, 15) is 13.2 Å². The molecule has 162 valence electrons. The minimum Gasteiger partial charge on any atom is -0.492 e. The van der Waals surface area contributed by atoms with Crippen molar-refractivity contribution < 1.29 is 17.9 Å². The second kappa shape index (κ2) is 9.23. The molecule has 1 saturated carbocycles. The van der Waals surface area contributed by atoms with Crippen LogP contribution < -0.4 is 10.1 Å². The van der Waals surface area contributed by atoms with Crippen molar-refractivity contribution in [2.45, 2.75) is 56.4 Å². The highest BCUT2D eigenvalue weighted by molar-refractivity contribution is 7.91. The molecule has 4 rings (SSSR count). The summed E-state index contributed by atoms with van der Waals surface area (Å²) < 4.78 is 30.6. The third-order valence-corrected chi connectivity index (χ3v) is 7.86. The zero-order valence-electron chi connectivity index (χ0n) is 17.0. The molecule has 1 amide bonds. The van der Waals surface area contributed by atoms with Gasteiger partial charge in [-0.2, -0.15) is 0 Å². The first-order chi connectivity index (χ1) is 13.5. The molecule has 1 aromatic carbocycles. The monoisotopic (exact) mass is 442 g/mol. The Balaban J connectivity index is 0.00000240. The summed E-state index contributed by atoms with van der Waals surface area (Å²) in [6.45, 7) is 5.04. The van der Waals surface area contributed by atoms with Crippen LogP contribution in [0.25, 0.3) is 0 Å². The Morgan fingerprint density at radius 3 is 2.76 bits per heavy atom. The number of nitrogens with zero attached hydrogens (tertiary/aromatic N) is 1. The van der Waals surface area contributed by atoms with E-state index in [1.165, 1.54) is 25.3 Å². The van der Waals surface area contributed by atoms with Crippen LogP contribution in [0.2, 0.25) is 0 Å². The molecule has 2 aliphatic heterocycles. The van der Waals surface area contributed by atoms with Crippen molar-refractivity contribution in [1.82, 2.24) is 10.2 Å². The van der Waals surface area contributed by atoms with Crippen LogP contribution in [0.15, 0.2) is 17.0 Å². The van der Waals surface area contributed by atoms with Gasteiger partial charge in [0.1, 0.15) is 5.75 Å². The van der Waals surface area contributed by atoms with Gasteiger partial charge in [-0.15, -0.1) is 12.4 Å². The lowest BCUT2D eigenvalue weighted by Crippen LogP contribution is -2.41. The van der Waals surface area contributed by atoms with Gasteiger partial charge < -0.3 is 10.1 Å². The molecule has 29 heavy (non-hydrogen) atoms. The van der Waals surface area contributed by atoms with Crippen molar-refractivity contribution >= 4 is 28.2 Å². The molecule has 1 N–H and O–H groups in total. The summed E-state index contributed by atoms with van der Waals surface area (Å²) in [6.07, 6.45) is 6.51. The van der Waals surface area contributed by atoms with Crippen molar-refractivity contribution in [2.75, 3.05) is 32.0 Å². The smallest absolute Gasteiger partial charge is 0.255 e. The van der Waals surface area contributed by atoms with Crippen LogP contribution in [0.1, 0.15) is 54.9 Å². The highest BCUT2D eigenvalue weighted by Crippen LogP contribution is 2.33. The van der Waals surface area contributed by atoms with Gasteiger partial charge in [0.05, 0.1) is 22.8 Å². The predicted octanol–water partition coefficient (Wildman–Crippen LogP) is 2.83. The van der Waals surface area contributed by atoms with E-state index >= 15 is 0 Å². The van der Waals surface area contributed by atoms with Crippen LogP contribution in [-0.2, 0) is 16.3 Å². The molecule has 0 spiro atoms. The summed E-state index contributed by atoms with van der Waals surface area (Å²) in [5, 5.41) is 3.06. The maximum atomic E-state index is 13.0. The van der Waals surface area contributed by atoms with Gasteiger partial charge in [0.15, 0.2) is 9.84 Å². The average molecular weight is 443 g/mol. The van der Waals surface area contributed by atoms with E-state index in [0.29, 0.717) is 30.5 Å². The summed E-state index contributed by atoms with van der Waals surface area (Å²) in [7, 11) is -3.38. The number of ether oxygens (including phenoxy) is 1. The average Bonchev–Trinajstić information content (AvgIpc) is 3.41. The molecule has 2 fully saturated rings. The lowest BCUT2D eigenvalue weighted by atomic mass is 10.0. The van der Waals surface area contributed by atoms with Gasteiger partial charge in [0.2, 0.25) is 0 Å². The van der Waals surface area contributed by atoms with E-state index in [1.807, 2.05) is 0 Å². The number of fused-ring (bicyclic) bond motifs is 1. The predicted molar refractivity (Wildman–Crippen MR) is 115 cm³/mol. The zero-order chi connectivity index (χ0) is 19.7. The molecule has 3 aliphatic rings. The fraction of sp³-hybridized carbons (Fsp3) is 0.667. The van der Waals surface area contributed by atoms with Crippen molar-refractivity contribution in [3.8, 4) is 5.75 Å². The molecular formula is C21H31ClN2O4S. The normalized spacial score (nSPS) is 21.8. The Hall–Kier alpha value is -1.31. The molecule has 1 aliphatic carbocycles. The quantitative estimate of drug-likeness (QED) is 0.702. The van der Waals surface area contributed by atoms with E-state index in [0.717, 1.165) is 43.8 Å². The fourth-order valence-electron chi connectivity index (χ4n) is 4.27. The van der Waals surface area contributed by atoms with Gasteiger partial charge >= 0.3 is 0 Å². The number of halogens is 1. The van der Waals surface area contributed by atoms with Crippen LogP contribution in [-0.4, -0.2) is 57.3 Å². The number of hydrogen-bond acceptors (Lipinski definition) is 5. The first-order valence-corrected chi connectivity index (χ1v) is 12.2. The van der Waals surface area contributed by atoms with Crippen molar-refractivity contribution in [1.29, 1.82) is 0 Å². The molecule has 1 unspecified atom stereocenters. The molecule has 0 radical (unpaired) electrons. The number of amides is 1. The Morgan fingerprint density at radius 1 is 1.24 bits per heavy atom. The van der Waals surface area contributed by atoms with Gasteiger partial charge in [-0.25, -0.2) is 8.42 Å². The number of benzene rings is 1. The molecule has 2 heterocycles. The van der Waals surface area contributed by atoms with Crippen LogP contribution >= 0.6 is 12.4 Å². The van der Waals surface area contributed by atoms with E-state index in [4.69, 9.17) is 4.74 Å². The first kappa shape index (κ1) is 22.4. The van der Waals surface area contributed by atoms with Crippen LogP contribution in [0.4, 0.5) is 0 Å². The summed E-state index contributed by atoms with van der Waals surface area (Å²) in [6, 6.07) is 3.55. The minimum absolute atomic E-state index is 0. The summed E-state index contributed by atoms with van der Waals surface area (Å²) in [4.78, 5) is 15.7. The number of likely N-dealkylation sites (tertiary alicyclic amines) is 1. The third-order valence-electron chi connectivity index (χ3n) is 6.15. The fourth-order valence-corrected chi connectivity index (χ4v) is 5.22. The van der Waals surface area contributed by atoms with Gasteiger partial charge in [0, 0.05) is 19.1 Å². The van der Waals surface area contributed by atoms with Crippen LogP contribution in [0.5, 0.6) is 5.75 Å². The molecule has 0 bridgehead atoms. The molecular weight excluding hydrogens is 412 g/mol. The highest BCUT2D eigenvalue weighted by Gasteiger charge is 2.31. The second-order valence-corrected chi connectivity index (χ2v) is 10.5. The Morgan fingerprint density at radius 2 is 2.03 bits per heavy atom. The van der Waals surface area contributed by atoms with Crippen LogP contribution in [0, 0.1) is 5.92 Å². The number of hydrogen-bond donors (Lipinski definition) is 1. The molecule has 6 nitrogen and oxygen atoms in total. The van der Waals surface area contributed by atoms with Crippen molar-refractivity contribution in [3.63, 3.8) is 0 Å². The Bertz CT molecular complexity index is 854. The van der Waals surface area contributed by atoms with Gasteiger partial charge in [-0.05, 0) is 68.7 Å². The lowest BCUT2D eigenvalue weighted by molar-refractivity contribution is 0.0934. The van der Waals surface area contributed by atoms with E-state index in [-0.39, 0.29) is 29.0 Å². The summed E-state index contributed by atoms with van der Waals surface area (Å²) >= 11 is 0. The lowest BCUT2D eigenvalue weighted by Gasteiger charge is -2.25. The van der Waals surface area contributed by atoms with E-state index in [2.05, 4.69) is 10.2 Å². The molecule has 0 aromatic heterocycles. The maximum Gasteiger partial charge on any atom is 0.255 e. The van der Waals surface area contributed by atoms with E-state index in [1.54, 1.807) is 13.0 Å². The maximum absolute atomic E-state index is 13.0. The van der Waals surface area contributed by atoms with Crippen molar-refractivity contribution in [2.24, 2.45) is 5.92 Å². The summed E-state index contributed by atoms with van der Waals surface area (Å²) in [5.41, 5.74) is 1.18. The zero-order valence-corrected chi connectivity index (χ0v) is 18.6. The first-order valence-electron chi connectivity index (χ1n) is 10.5. The van der Waals surface area contributed by atoms with E-state index < -0.39 is 9.84 Å². The largest absolute Gasteiger partial charge is 0.492 e. The Kier molecular flexibility index (Phi) is 7.12. The van der Waals surface area contributed by atoms with Crippen molar-refractivity contribution in [3.05, 3.63) is 23.3 Å². The highest BCUT2D eigenvalue weighted by atomic mass is 35.5. The third kappa shape index (κ3) is 5.06. The molecule has 1 atom stereocenters. The number of sulfone groups is 1. The second-order valence-electron chi connectivity index (χ2n) is 8.26. The van der Waals surface area contributed by atoms with Crippen LogP contribution in [0.3, 0.4) is 0 Å². The SMILES string of the molecule is CCS(=O)(=O)c1cc2c(c(C(=O)NCC3CCCN3CC3CC3)c1)OCCC2.Cl.